The fourth-order valence-corrected chi connectivity index (χ4v) is 1.82. The van der Waals surface area contributed by atoms with Gasteiger partial charge >= 0.3 is 11.7 Å². The zero-order valence-electron chi connectivity index (χ0n) is 10.5. The van der Waals surface area contributed by atoms with Crippen LogP contribution in [0.3, 0.4) is 0 Å². The lowest BCUT2D eigenvalue weighted by Gasteiger charge is -2.11. The number of rotatable bonds is 3. The van der Waals surface area contributed by atoms with Crippen LogP contribution in [0.25, 0.3) is 11.0 Å². The van der Waals surface area contributed by atoms with Gasteiger partial charge in [0.2, 0.25) is 5.91 Å². The molecular formula is C12H13N3O4. The van der Waals surface area contributed by atoms with E-state index in [0.29, 0.717) is 5.52 Å². The van der Waals surface area contributed by atoms with Crippen molar-refractivity contribution in [3.05, 3.63) is 34.2 Å². The number of carboxylic acids is 1. The number of fused-ring (bicyclic) bond motifs is 1. The van der Waals surface area contributed by atoms with Crippen molar-refractivity contribution in [3.63, 3.8) is 0 Å². The fraction of sp³-hybridized carbons (Fsp3) is 0.250. The molecule has 0 radical (unpaired) electrons. The number of aromatic nitrogens is 2. The van der Waals surface area contributed by atoms with Gasteiger partial charge in [0.05, 0.1) is 16.6 Å². The topological polar surface area (TPSA) is 95.4 Å². The number of aromatic amines is 1. The minimum atomic E-state index is -1.14. The molecule has 19 heavy (non-hydrogen) atoms. The molecule has 2 N–H and O–H groups in total. The quantitative estimate of drug-likeness (QED) is 0.822. The van der Waals surface area contributed by atoms with E-state index in [-0.39, 0.29) is 23.5 Å². The Balaban J connectivity index is 2.66. The summed E-state index contributed by atoms with van der Waals surface area (Å²) in [4.78, 5) is 38.6. The monoisotopic (exact) mass is 263 g/mol. The summed E-state index contributed by atoms with van der Waals surface area (Å²) in [5, 5.41) is 9.14. The molecule has 100 valence electrons. The predicted molar refractivity (Wildman–Crippen MR) is 68.2 cm³/mol. The van der Waals surface area contributed by atoms with Crippen LogP contribution in [-0.2, 0) is 11.3 Å². The van der Waals surface area contributed by atoms with Crippen LogP contribution in [-0.4, -0.2) is 45.5 Å². The minimum Gasteiger partial charge on any atom is -0.478 e. The van der Waals surface area contributed by atoms with Crippen molar-refractivity contribution >= 4 is 22.9 Å². The molecule has 0 atom stereocenters. The third-order valence-corrected chi connectivity index (χ3v) is 2.82. The van der Waals surface area contributed by atoms with Gasteiger partial charge in [-0.25, -0.2) is 9.59 Å². The molecule has 0 fully saturated rings. The van der Waals surface area contributed by atoms with Crippen molar-refractivity contribution in [3.8, 4) is 0 Å². The minimum absolute atomic E-state index is 0.0117. The lowest BCUT2D eigenvalue weighted by atomic mass is 10.2. The summed E-state index contributed by atoms with van der Waals surface area (Å²) in [7, 11) is 3.14. The van der Waals surface area contributed by atoms with Crippen molar-refractivity contribution in [2.75, 3.05) is 14.1 Å². The number of benzene rings is 1. The summed E-state index contributed by atoms with van der Waals surface area (Å²) in [6.45, 7) is -0.198. The second-order valence-electron chi connectivity index (χ2n) is 4.31. The first kappa shape index (κ1) is 12.9. The third-order valence-electron chi connectivity index (χ3n) is 2.82. The number of imidazole rings is 1. The molecule has 1 amide bonds. The second-order valence-corrected chi connectivity index (χ2v) is 4.31. The lowest BCUT2D eigenvalue weighted by Crippen LogP contribution is -2.30. The van der Waals surface area contributed by atoms with Gasteiger partial charge in [0, 0.05) is 14.1 Å². The van der Waals surface area contributed by atoms with Crippen LogP contribution in [0.4, 0.5) is 0 Å². The van der Waals surface area contributed by atoms with E-state index in [0.717, 1.165) is 4.57 Å². The molecule has 1 aromatic carbocycles. The zero-order valence-corrected chi connectivity index (χ0v) is 10.5. The molecule has 0 aliphatic heterocycles. The van der Waals surface area contributed by atoms with Gasteiger partial charge in [0.15, 0.2) is 0 Å². The van der Waals surface area contributed by atoms with Crippen LogP contribution in [0.5, 0.6) is 0 Å². The van der Waals surface area contributed by atoms with Crippen molar-refractivity contribution in [1.82, 2.24) is 14.5 Å². The maximum Gasteiger partial charge on any atom is 0.337 e. The van der Waals surface area contributed by atoms with E-state index in [1.165, 1.54) is 11.0 Å². The summed E-state index contributed by atoms with van der Waals surface area (Å²) in [6, 6.07) is 4.54. The number of aromatic carboxylic acids is 1. The van der Waals surface area contributed by atoms with Gasteiger partial charge in [-0.05, 0) is 12.1 Å². The first-order chi connectivity index (χ1) is 8.91. The molecule has 0 bridgehead atoms. The summed E-state index contributed by atoms with van der Waals surface area (Å²) in [6.07, 6.45) is 0. The number of carboxylic acid groups (broad SMARTS) is 1. The average Bonchev–Trinajstić information content (AvgIpc) is 2.65. The Hall–Kier alpha value is -2.57. The van der Waals surface area contributed by atoms with Gasteiger partial charge in [-0.2, -0.15) is 0 Å². The Kier molecular flexibility index (Phi) is 3.12. The Morgan fingerprint density at radius 1 is 1.37 bits per heavy atom. The first-order valence-electron chi connectivity index (χ1n) is 5.57. The number of H-pyrrole nitrogens is 1. The SMILES string of the molecule is CN(C)C(=O)Cn1c(=O)[nH]c2cccc(C(=O)O)c21. The number of hydrogen-bond acceptors (Lipinski definition) is 3. The third kappa shape index (κ3) is 2.22. The second kappa shape index (κ2) is 4.60. The maximum atomic E-state index is 11.8. The van der Waals surface area contributed by atoms with Gasteiger partial charge in [-0.3, -0.25) is 9.36 Å². The Morgan fingerprint density at radius 3 is 2.63 bits per heavy atom. The number of nitrogens with one attached hydrogen (secondary N) is 1. The number of amides is 1. The van der Waals surface area contributed by atoms with Crippen molar-refractivity contribution in [1.29, 1.82) is 0 Å². The molecule has 0 saturated carbocycles. The number of carbonyl (C=O) groups is 2. The van der Waals surface area contributed by atoms with E-state index in [4.69, 9.17) is 5.11 Å². The summed E-state index contributed by atoms with van der Waals surface area (Å²) in [5.74, 6) is -1.43. The van der Waals surface area contributed by atoms with Gasteiger partial charge < -0.3 is 15.0 Å². The number of likely N-dealkylation sites (N-methyl/N-ethyl adjacent to an activating group) is 1. The molecule has 0 aliphatic rings. The van der Waals surface area contributed by atoms with Crippen LogP contribution in [0.1, 0.15) is 10.4 Å². The van der Waals surface area contributed by atoms with Gasteiger partial charge in [-0.15, -0.1) is 0 Å². The van der Waals surface area contributed by atoms with Crippen LogP contribution in [0.15, 0.2) is 23.0 Å². The van der Waals surface area contributed by atoms with E-state index in [1.54, 1.807) is 26.2 Å². The highest BCUT2D eigenvalue weighted by Gasteiger charge is 2.17. The van der Waals surface area contributed by atoms with E-state index in [9.17, 15) is 14.4 Å². The predicted octanol–water partition coefficient (Wildman–Crippen LogP) is 0.116. The fourth-order valence-electron chi connectivity index (χ4n) is 1.82. The number of para-hydroxylation sites is 1. The van der Waals surface area contributed by atoms with Crippen LogP contribution >= 0.6 is 0 Å². The van der Waals surface area contributed by atoms with Crippen molar-refractivity contribution < 1.29 is 14.7 Å². The molecule has 1 aromatic heterocycles. The zero-order chi connectivity index (χ0) is 14.2. The van der Waals surface area contributed by atoms with Crippen molar-refractivity contribution in [2.45, 2.75) is 6.54 Å². The van der Waals surface area contributed by atoms with Crippen LogP contribution < -0.4 is 5.69 Å². The summed E-state index contributed by atoms with van der Waals surface area (Å²) >= 11 is 0. The number of hydrogen-bond donors (Lipinski definition) is 2. The standard InChI is InChI=1S/C12H13N3O4/c1-14(2)9(16)6-15-10-7(11(17)18)4-3-5-8(10)13-12(15)19/h3-5H,6H2,1-2H3,(H,13,19)(H,17,18). The smallest absolute Gasteiger partial charge is 0.337 e. The molecular weight excluding hydrogens is 250 g/mol. The Morgan fingerprint density at radius 2 is 2.05 bits per heavy atom. The summed E-state index contributed by atoms with van der Waals surface area (Å²) in [5.41, 5.74) is 0.118. The van der Waals surface area contributed by atoms with Crippen LogP contribution in [0.2, 0.25) is 0 Å². The molecule has 2 aromatic rings. The first-order valence-corrected chi connectivity index (χ1v) is 5.57. The largest absolute Gasteiger partial charge is 0.478 e. The normalized spacial score (nSPS) is 10.6. The average molecular weight is 263 g/mol. The molecule has 7 nitrogen and oxygen atoms in total. The Bertz CT molecular complexity index is 711. The highest BCUT2D eigenvalue weighted by atomic mass is 16.4. The molecule has 7 heteroatoms. The van der Waals surface area contributed by atoms with E-state index >= 15 is 0 Å². The number of carbonyl (C=O) groups excluding carboxylic acids is 1. The van der Waals surface area contributed by atoms with Gasteiger partial charge in [0.1, 0.15) is 6.54 Å². The molecule has 0 saturated heterocycles. The molecule has 0 spiro atoms. The lowest BCUT2D eigenvalue weighted by molar-refractivity contribution is -0.129. The molecule has 0 unspecified atom stereocenters. The van der Waals surface area contributed by atoms with Crippen molar-refractivity contribution in [2.24, 2.45) is 0 Å². The van der Waals surface area contributed by atoms with E-state index in [1.807, 2.05) is 0 Å². The van der Waals surface area contributed by atoms with E-state index < -0.39 is 11.7 Å². The molecule has 1 heterocycles. The molecule has 2 rings (SSSR count). The Labute approximate surface area is 108 Å². The highest BCUT2D eigenvalue weighted by Crippen LogP contribution is 2.16. The van der Waals surface area contributed by atoms with E-state index in [2.05, 4.69) is 4.98 Å². The number of nitrogens with zero attached hydrogens (tertiary/aromatic N) is 2. The van der Waals surface area contributed by atoms with Crippen LogP contribution in [0, 0.1) is 0 Å². The summed E-state index contributed by atoms with van der Waals surface area (Å²) < 4.78 is 1.14. The molecule has 0 aliphatic carbocycles. The highest BCUT2D eigenvalue weighted by molar-refractivity contribution is 6.01. The van der Waals surface area contributed by atoms with Gasteiger partial charge in [0.25, 0.3) is 0 Å². The maximum absolute atomic E-state index is 11.8. The van der Waals surface area contributed by atoms with Gasteiger partial charge in [-0.1, -0.05) is 6.07 Å².